The second-order valence-electron chi connectivity index (χ2n) is 8.85. The maximum atomic E-state index is 7.06. The highest BCUT2D eigenvalue weighted by molar-refractivity contribution is 6.78. The molecule has 0 unspecified atom stereocenters. The number of rotatable bonds is 5. The van der Waals surface area contributed by atoms with E-state index in [0.29, 0.717) is 16.6 Å². The third-order valence-corrected chi connectivity index (χ3v) is 12.3. The maximum Gasteiger partial charge on any atom is 0.258 e. The topological polar surface area (TPSA) is 22.4 Å². The largest absolute Gasteiger partial charge is 0.542 e. The van der Waals surface area contributed by atoms with Crippen LogP contribution < -0.4 is 4.43 Å². The van der Waals surface area contributed by atoms with E-state index in [0.717, 1.165) is 27.7 Å². The molecular formula is C25H30O2Si. The van der Waals surface area contributed by atoms with E-state index in [1.807, 2.05) is 0 Å². The van der Waals surface area contributed by atoms with Gasteiger partial charge in [-0.2, -0.15) is 0 Å². The van der Waals surface area contributed by atoms with Crippen molar-refractivity contribution in [1.82, 2.24) is 0 Å². The molecule has 0 amide bonds. The van der Waals surface area contributed by atoms with Crippen molar-refractivity contribution in [3.8, 4) is 5.75 Å². The van der Waals surface area contributed by atoms with Crippen LogP contribution in [0.15, 0.2) is 59.0 Å². The third kappa shape index (κ3) is 2.84. The van der Waals surface area contributed by atoms with E-state index in [-0.39, 0.29) is 0 Å². The Kier molecular flexibility index (Phi) is 4.74. The van der Waals surface area contributed by atoms with Crippen LogP contribution in [0.3, 0.4) is 0 Å². The van der Waals surface area contributed by atoms with Crippen LogP contribution in [-0.4, -0.2) is 8.32 Å². The molecule has 0 bridgehead atoms. The summed E-state index contributed by atoms with van der Waals surface area (Å²) >= 11 is 0. The molecule has 4 aromatic rings. The minimum absolute atomic E-state index is 0.529. The Morgan fingerprint density at radius 2 is 1.32 bits per heavy atom. The highest BCUT2D eigenvalue weighted by Gasteiger charge is 2.47. The van der Waals surface area contributed by atoms with Gasteiger partial charge in [0.2, 0.25) is 0 Å². The van der Waals surface area contributed by atoms with Gasteiger partial charge in [-0.1, -0.05) is 71.9 Å². The van der Waals surface area contributed by atoms with Crippen molar-refractivity contribution in [3.05, 3.63) is 54.6 Å². The van der Waals surface area contributed by atoms with E-state index in [4.69, 9.17) is 8.84 Å². The van der Waals surface area contributed by atoms with Crippen molar-refractivity contribution in [2.24, 2.45) is 0 Å². The van der Waals surface area contributed by atoms with Gasteiger partial charge >= 0.3 is 0 Å². The maximum absolute atomic E-state index is 7.06. The zero-order chi connectivity index (χ0) is 20.1. The van der Waals surface area contributed by atoms with Gasteiger partial charge in [-0.25, -0.2) is 0 Å². The molecule has 0 radical (unpaired) electrons. The Bertz CT molecular complexity index is 1120. The lowest BCUT2D eigenvalue weighted by atomic mass is 10.1. The summed E-state index contributed by atoms with van der Waals surface area (Å²) in [7, 11) is -2.04. The average molecular weight is 391 g/mol. The van der Waals surface area contributed by atoms with Crippen molar-refractivity contribution in [3.63, 3.8) is 0 Å². The highest BCUT2D eigenvalue weighted by atomic mass is 28.4. The normalized spacial score (nSPS) is 12.9. The lowest BCUT2D eigenvalue weighted by Crippen LogP contribution is -2.50. The first-order chi connectivity index (χ1) is 13.3. The Balaban J connectivity index is 1.97. The Labute approximate surface area is 168 Å². The van der Waals surface area contributed by atoms with E-state index < -0.39 is 8.32 Å². The van der Waals surface area contributed by atoms with Gasteiger partial charge in [-0.05, 0) is 51.7 Å². The first-order valence-corrected chi connectivity index (χ1v) is 12.5. The van der Waals surface area contributed by atoms with E-state index in [1.54, 1.807) is 0 Å². The average Bonchev–Trinajstić information content (AvgIpc) is 3.01. The molecule has 0 aliphatic rings. The molecule has 146 valence electrons. The summed E-state index contributed by atoms with van der Waals surface area (Å²) < 4.78 is 13.3. The van der Waals surface area contributed by atoms with Crippen LogP contribution in [0.2, 0.25) is 16.6 Å². The fourth-order valence-corrected chi connectivity index (χ4v) is 10.4. The molecular weight excluding hydrogens is 360 g/mol. The zero-order valence-corrected chi connectivity index (χ0v) is 18.7. The third-order valence-electron chi connectivity index (χ3n) is 6.32. The fourth-order valence-electron chi connectivity index (χ4n) is 5.11. The monoisotopic (exact) mass is 390 g/mol. The number of benzene rings is 3. The van der Waals surface area contributed by atoms with Crippen LogP contribution in [-0.2, 0) is 0 Å². The summed E-state index contributed by atoms with van der Waals surface area (Å²) in [5, 5.41) is 4.69. The second-order valence-corrected chi connectivity index (χ2v) is 14.2. The molecule has 0 aliphatic carbocycles. The van der Waals surface area contributed by atoms with Gasteiger partial charge in [0.25, 0.3) is 8.32 Å². The van der Waals surface area contributed by atoms with Crippen LogP contribution in [0, 0.1) is 0 Å². The molecule has 28 heavy (non-hydrogen) atoms. The standard InChI is InChI=1S/C25H30O2Si/c1-16(2)28(17(3)4,18(5)6)27-23-13-9-12-22-25(23)21-14-19-10-7-8-11-20(19)15-24(21)26-22/h7-18H,1-6H3. The molecule has 3 aromatic carbocycles. The molecule has 0 saturated heterocycles. The smallest absolute Gasteiger partial charge is 0.258 e. The number of hydrogen-bond donors (Lipinski definition) is 0. The van der Waals surface area contributed by atoms with Crippen LogP contribution in [0.25, 0.3) is 32.7 Å². The van der Waals surface area contributed by atoms with Crippen molar-refractivity contribution >= 4 is 41.0 Å². The molecule has 4 rings (SSSR count). The van der Waals surface area contributed by atoms with E-state index in [1.165, 1.54) is 10.8 Å². The minimum atomic E-state index is -2.04. The molecule has 3 heteroatoms. The van der Waals surface area contributed by atoms with Gasteiger partial charge in [-0.15, -0.1) is 0 Å². The molecule has 1 aromatic heterocycles. The summed E-state index contributed by atoms with van der Waals surface area (Å²) in [6.45, 7) is 14.0. The van der Waals surface area contributed by atoms with Gasteiger partial charge < -0.3 is 8.84 Å². The first-order valence-electron chi connectivity index (χ1n) is 10.4. The minimum Gasteiger partial charge on any atom is -0.542 e. The molecule has 0 spiro atoms. The lowest BCUT2D eigenvalue weighted by Gasteiger charge is -2.42. The molecule has 0 atom stereocenters. The van der Waals surface area contributed by atoms with E-state index >= 15 is 0 Å². The molecule has 0 N–H and O–H groups in total. The van der Waals surface area contributed by atoms with Crippen molar-refractivity contribution in [2.45, 2.75) is 58.2 Å². The second kappa shape index (κ2) is 6.96. The van der Waals surface area contributed by atoms with Crippen LogP contribution >= 0.6 is 0 Å². The van der Waals surface area contributed by atoms with Gasteiger partial charge in [0.15, 0.2) is 0 Å². The lowest BCUT2D eigenvalue weighted by molar-refractivity contribution is 0.484. The van der Waals surface area contributed by atoms with Crippen molar-refractivity contribution in [1.29, 1.82) is 0 Å². The van der Waals surface area contributed by atoms with Gasteiger partial charge in [-0.3, -0.25) is 0 Å². The molecule has 0 fully saturated rings. The SMILES string of the molecule is CC(C)[Si](Oc1cccc2oc3cc4ccccc4cc3c12)(C(C)C)C(C)C. The number of hydrogen-bond acceptors (Lipinski definition) is 2. The number of furan rings is 1. The van der Waals surface area contributed by atoms with E-state index in [2.05, 4.69) is 96.1 Å². The highest BCUT2D eigenvalue weighted by Crippen LogP contribution is 2.45. The summed E-state index contributed by atoms with van der Waals surface area (Å²) in [5.74, 6) is 0.981. The Morgan fingerprint density at radius 3 is 1.93 bits per heavy atom. The summed E-state index contributed by atoms with van der Waals surface area (Å²) in [6, 6.07) is 19.1. The molecule has 0 aliphatic heterocycles. The van der Waals surface area contributed by atoms with Crippen molar-refractivity contribution < 1.29 is 8.84 Å². The molecule has 0 saturated carbocycles. The summed E-state index contributed by atoms with van der Waals surface area (Å²) in [6.07, 6.45) is 0. The Hall–Kier alpha value is -2.26. The summed E-state index contributed by atoms with van der Waals surface area (Å²) in [5.41, 5.74) is 3.42. The first kappa shape index (κ1) is 19.1. The van der Waals surface area contributed by atoms with Crippen LogP contribution in [0.5, 0.6) is 5.75 Å². The quantitative estimate of drug-likeness (QED) is 0.320. The van der Waals surface area contributed by atoms with E-state index in [9.17, 15) is 0 Å². The number of fused-ring (bicyclic) bond motifs is 4. The molecule has 1 heterocycles. The van der Waals surface area contributed by atoms with Crippen molar-refractivity contribution in [2.75, 3.05) is 0 Å². The van der Waals surface area contributed by atoms with Crippen LogP contribution in [0.1, 0.15) is 41.5 Å². The summed E-state index contributed by atoms with van der Waals surface area (Å²) in [4.78, 5) is 0. The van der Waals surface area contributed by atoms with Gasteiger partial charge in [0.05, 0.1) is 5.39 Å². The predicted molar refractivity (Wildman–Crippen MR) is 123 cm³/mol. The fraction of sp³-hybridized carbons (Fsp3) is 0.360. The van der Waals surface area contributed by atoms with Crippen LogP contribution in [0.4, 0.5) is 0 Å². The predicted octanol–water partition coefficient (Wildman–Crippen LogP) is 8.29. The van der Waals surface area contributed by atoms with Gasteiger partial charge in [0.1, 0.15) is 16.9 Å². The zero-order valence-electron chi connectivity index (χ0n) is 17.7. The Morgan fingerprint density at radius 1 is 0.714 bits per heavy atom. The molecule has 2 nitrogen and oxygen atoms in total. The van der Waals surface area contributed by atoms with Gasteiger partial charge in [0, 0.05) is 5.39 Å².